The fraction of sp³-hybridized carbons (Fsp3) is 0.375. The number of sulfonamides is 2. The van der Waals surface area contributed by atoms with E-state index in [-0.39, 0.29) is 19.8 Å². The van der Waals surface area contributed by atoms with Crippen molar-refractivity contribution in [3.05, 3.63) is 40.2 Å². The molecular weight excluding hydrogens is 416 g/mol. The largest absolute Gasteiger partial charge is 0.279 e. The normalized spacial score (nSPS) is 16.5. The molecule has 0 unspecified atom stereocenters. The maximum absolute atomic E-state index is 12.9. The van der Waals surface area contributed by atoms with Crippen molar-refractivity contribution >= 4 is 48.7 Å². The van der Waals surface area contributed by atoms with Gasteiger partial charge < -0.3 is 0 Å². The number of hydrogen-bond acceptors (Lipinski definition) is 5. The van der Waals surface area contributed by atoms with Gasteiger partial charge in [-0.25, -0.2) is 16.8 Å². The highest BCUT2D eigenvalue weighted by Crippen LogP contribution is 2.31. The second-order valence-corrected chi connectivity index (χ2v) is 11.6. The molecule has 0 saturated carbocycles. The lowest BCUT2D eigenvalue weighted by molar-refractivity contribution is 0.346. The standard InChI is InChI=1S/C16H19ClN2O4S3/c1-12-5-8-16(24-12)25(20,21)18-13-6-7-14(17)15(11-13)26(22,23)19-9-3-2-4-10-19/h5-8,11,18H,2-4,9-10H2,1H3. The van der Waals surface area contributed by atoms with E-state index in [1.165, 1.54) is 28.6 Å². The Balaban J connectivity index is 1.93. The summed E-state index contributed by atoms with van der Waals surface area (Å²) in [4.78, 5) is 0.790. The topological polar surface area (TPSA) is 83.5 Å². The van der Waals surface area contributed by atoms with Crippen LogP contribution in [0.1, 0.15) is 24.1 Å². The fourth-order valence-corrected chi connectivity index (χ4v) is 7.12. The van der Waals surface area contributed by atoms with Crippen molar-refractivity contribution in [2.75, 3.05) is 17.8 Å². The summed E-state index contributed by atoms with van der Waals surface area (Å²) < 4.78 is 54.7. The summed E-state index contributed by atoms with van der Waals surface area (Å²) in [5, 5.41) is 0.0745. The van der Waals surface area contributed by atoms with Crippen LogP contribution in [0, 0.1) is 6.92 Å². The van der Waals surface area contributed by atoms with E-state index < -0.39 is 20.0 Å². The van der Waals surface area contributed by atoms with E-state index in [1.807, 2.05) is 6.92 Å². The number of anilines is 1. The Morgan fingerprint density at radius 1 is 1.04 bits per heavy atom. The summed E-state index contributed by atoms with van der Waals surface area (Å²) in [5.74, 6) is 0. The predicted molar refractivity (Wildman–Crippen MR) is 104 cm³/mol. The Morgan fingerprint density at radius 3 is 2.35 bits per heavy atom. The molecule has 0 radical (unpaired) electrons. The number of piperidine rings is 1. The SMILES string of the molecule is Cc1ccc(S(=O)(=O)Nc2ccc(Cl)c(S(=O)(=O)N3CCCCC3)c2)s1. The highest BCUT2D eigenvalue weighted by atomic mass is 35.5. The Morgan fingerprint density at radius 2 is 1.73 bits per heavy atom. The highest BCUT2D eigenvalue weighted by Gasteiger charge is 2.28. The summed E-state index contributed by atoms with van der Waals surface area (Å²) in [6.45, 7) is 2.71. The predicted octanol–water partition coefficient (Wildman–Crippen LogP) is 3.69. The molecule has 1 N–H and O–H groups in total. The molecule has 1 aliphatic rings. The minimum absolute atomic E-state index is 0.0745. The third-order valence-electron chi connectivity index (χ3n) is 4.10. The van der Waals surface area contributed by atoms with Crippen LogP contribution >= 0.6 is 22.9 Å². The molecular formula is C16H19ClN2O4S3. The van der Waals surface area contributed by atoms with Gasteiger partial charge in [-0.2, -0.15) is 4.31 Å². The van der Waals surface area contributed by atoms with Crippen LogP contribution < -0.4 is 4.72 Å². The smallest absolute Gasteiger partial charge is 0.271 e. The zero-order valence-electron chi connectivity index (χ0n) is 14.1. The van der Waals surface area contributed by atoms with Crippen molar-refractivity contribution in [3.8, 4) is 0 Å². The number of rotatable bonds is 5. The first kappa shape index (κ1) is 19.6. The van der Waals surface area contributed by atoms with Gasteiger partial charge in [0.1, 0.15) is 9.10 Å². The maximum atomic E-state index is 12.9. The van der Waals surface area contributed by atoms with Gasteiger partial charge in [0, 0.05) is 18.0 Å². The average Bonchev–Trinajstić information content (AvgIpc) is 3.04. The molecule has 2 aromatic rings. The molecule has 0 bridgehead atoms. The van der Waals surface area contributed by atoms with Gasteiger partial charge in [-0.3, -0.25) is 4.72 Å². The third kappa shape index (κ3) is 4.07. The number of halogens is 1. The minimum atomic E-state index is -3.78. The van der Waals surface area contributed by atoms with Gasteiger partial charge in [0.15, 0.2) is 0 Å². The number of hydrogen-bond donors (Lipinski definition) is 1. The van der Waals surface area contributed by atoms with Crippen molar-refractivity contribution in [1.82, 2.24) is 4.31 Å². The Bertz CT molecular complexity index is 1010. The third-order valence-corrected chi connectivity index (χ3v) is 9.35. The lowest BCUT2D eigenvalue weighted by atomic mass is 10.2. The molecule has 0 amide bonds. The summed E-state index contributed by atoms with van der Waals surface area (Å²) in [6, 6.07) is 7.37. The van der Waals surface area contributed by atoms with Crippen molar-refractivity contribution in [2.24, 2.45) is 0 Å². The molecule has 1 aliphatic heterocycles. The van der Waals surface area contributed by atoms with Crippen molar-refractivity contribution in [2.45, 2.75) is 35.3 Å². The second kappa shape index (κ2) is 7.47. The Labute approximate surface area is 162 Å². The Hall–Kier alpha value is -1.13. The van der Waals surface area contributed by atoms with Crippen LogP contribution in [0.5, 0.6) is 0 Å². The van der Waals surface area contributed by atoms with Gasteiger partial charge in [0.25, 0.3) is 10.0 Å². The van der Waals surface area contributed by atoms with E-state index in [0.717, 1.165) is 35.5 Å². The van der Waals surface area contributed by atoms with Gasteiger partial charge >= 0.3 is 0 Å². The van der Waals surface area contributed by atoms with Crippen LogP contribution in [0.4, 0.5) is 5.69 Å². The molecule has 0 atom stereocenters. The maximum Gasteiger partial charge on any atom is 0.271 e. The molecule has 0 spiro atoms. The number of aryl methyl sites for hydroxylation is 1. The zero-order chi connectivity index (χ0) is 18.9. The first-order valence-corrected chi connectivity index (χ1v) is 12.2. The molecule has 0 aliphatic carbocycles. The van der Waals surface area contributed by atoms with Gasteiger partial charge in [0.05, 0.1) is 10.7 Å². The van der Waals surface area contributed by atoms with E-state index in [1.54, 1.807) is 6.07 Å². The van der Waals surface area contributed by atoms with Crippen molar-refractivity contribution in [1.29, 1.82) is 0 Å². The molecule has 10 heteroatoms. The summed E-state index contributed by atoms with van der Waals surface area (Å²) in [5.41, 5.74) is 0.163. The van der Waals surface area contributed by atoms with E-state index in [4.69, 9.17) is 11.6 Å². The molecule has 26 heavy (non-hydrogen) atoms. The zero-order valence-corrected chi connectivity index (χ0v) is 17.3. The first-order chi connectivity index (χ1) is 12.2. The highest BCUT2D eigenvalue weighted by molar-refractivity contribution is 7.94. The molecule has 3 rings (SSSR count). The van der Waals surface area contributed by atoms with Gasteiger partial charge in [-0.15, -0.1) is 11.3 Å². The van der Waals surface area contributed by atoms with Gasteiger partial charge in [-0.1, -0.05) is 18.0 Å². The lowest BCUT2D eigenvalue weighted by Crippen LogP contribution is -2.35. The van der Waals surface area contributed by atoms with E-state index in [0.29, 0.717) is 13.1 Å². The number of nitrogens with zero attached hydrogens (tertiary/aromatic N) is 1. The Kier molecular flexibility index (Phi) is 5.64. The van der Waals surface area contributed by atoms with E-state index in [2.05, 4.69) is 4.72 Å². The lowest BCUT2D eigenvalue weighted by Gasteiger charge is -2.26. The number of benzene rings is 1. The van der Waals surface area contributed by atoms with E-state index in [9.17, 15) is 16.8 Å². The average molecular weight is 435 g/mol. The van der Waals surface area contributed by atoms with Crippen LogP contribution in [0.3, 0.4) is 0 Å². The quantitative estimate of drug-likeness (QED) is 0.777. The number of nitrogens with one attached hydrogen (secondary N) is 1. The number of thiophene rings is 1. The van der Waals surface area contributed by atoms with Crippen LogP contribution in [0.15, 0.2) is 39.4 Å². The van der Waals surface area contributed by atoms with Crippen LogP contribution in [-0.2, 0) is 20.0 Å². The monoisotopic (exact) mass is 434 g/mol. The summed E-state index contributed by atoms with van der Waals surface area (Å²) in [6.07, 6.45) is 2.61. The molecule has 1 fully saturated rings. The van der Waals surface area contributed by atoms with Crippen molar-refractivity contribution in [3.63, 3.8) is 0 Å². The van der Waals surface area contributed by atoms with E-state index >= 15 is 0 Å². The van der Waals surface area contributed by atoms with Crippen molar-refractivity contribution < 1.29 is 16.8 Å². The molecule has 1 aromatic carbocycles. The molecule has 1 saturated heterocycles. The molecule has 142 valence electrons. The minimum Gasteiger partial charge on any atom is -0.279 e. The molecule has 6 nitrogen and oxygen atoms in total. The summed E-state index contributed by atoms with van der Waals surface area (Å²) >= 11 is 7.26. The van der Waals surface area contributed by atoms with Crippen LogP contribution in [0.2, 0.25) is 5.02 Å². The first-order valence-electron chi connectivity index (χ1n) is 8.09. The van der Waals surface area contributed by atoms with Crippen LogP contribution in [0.25, 0.3) is 0 Å². The molecule has 1 aromatic heterocycles. The summed E-state index contributed by atoms with van der Waals surface area (Å²) in [7, 11) is -7.54. The van der Waals surface area contributed by atoms with Gasteiger partial charge in [-0.05, 0) is 50.1 Å². The van der Waals surface area contributed by atoms with Crippen LogP contribution in [-0.4, -0.2) is 34.2 Å². The fourth-order valence-electron chi connectivity index (χ4n) is 2.77. The molecule has 2 heterocycles. The van der Waals surface area contributed by atoms with Gasteiger partial charge in [0.2, 0.25) is 10.0 Å². The second-order valence-electron chi connectivity index (χ2n) is 6.08.